The van der Waals surface area contributed by atoms with Gasteiger partial charge in [-0.3, -0.25) is 9.59 Å². The van der Waals surface area contributed by atoms with Crippen LogP contribution in [0, 0.1) is 5.92 Å². The highest BCUT2D eigenvalue weighted by Crippen LogP contribution is 2.18. The summed E-state index contributed by atoms with van der Waals surface area (Å²) in [6.07, 6.45) is 0.164. The molecule has 1 aromatic rings. The average molecular weight is 306 g/mol. The molecule has 1 rings (SSSR count). The lowest BCUT2D eigenvalue weighted by Gasteiger charge is -2.17. The molecule has 2 unspecified atom stereocenters. The quantitative estimate of drug-likeness (QED) is 0.705. The van der Waals surface area contributed by atoms with Crippen LogP contribution >= 0.6 is 0 Å². The predicted octanol–water partition coefficient (Wildman–Crippen LogP) is 2.27. The molecular formula is C17H26N2O3. The van der Waals surface area contributed by atoms with Crippen molar-refractivity contribution in [1.29, 1.82) is 0 Å². The number of rotatable bonds is 6. The monoisotopic (exact) mass is 306 g/mol. The second-order valence-electron chi connectivity index (χ2n) is 5.90. The molecule has 5 nitrogen and oxygen atoms in total. The van der Waals surface area contributed by atoms with E-state index in [1.807, 2.05) is 32.0 Å². The number of nitrogens with one attached hydrogen (secondary N) is 2. The Bertz CT molecular complexity index is 514. The summed E-state index contributed by atoms with van der Waals surface area (Å²) in [7, 11) is 0. The maximum Gasteiger partial charge on any atom is 0.313 e. The van der Waals surface area contributed by atoms with E-state index in [4.69, 9.17) is 0 Å². The van der Waals surface area contributed by atoms with E-state index >= 15 is 0 Å². The molecule has 0 fully saturated rings. The summed E-state index contributed by atoms with van der Waals surface area (Å²) in [4.78, 5) is 23.6. The van der Waals surface area contributed by atoms with Crippen LogP contribution in [0.1, 0.15) is 45.6 Å². The first-order valence-electron chi connectivity index (χ1n) is 7.72. The Morgan fingerprint density at radius 2 is 1.86 bits per heavy atom. The molecule has 0 heterocycles. The van der Waals surface area contributed by atoms with Gasteiger partial charge in [0, 0.05) is 12.2 Å². The summed E-state index contributed by atoms with van der Waals surface area (Å²) in [5, 5.41) is 14.8. The fourth-order valence-electron chi connectivity index (χ4n) is 1.91. The minimum absolute atomic E-state index is 0.0751. The van der Waals surface area contributed by atoms with Crippen LogP contribution in [-0.4, -0.2) is 29.6 Å². The highest BCUT2D eigenvalue weighted by molar-refractivity contribution is 6.39. The number of aliphatic hydroxyl groups excluding tert-OH is 1. The molecule has 0 aliphatic heterocycles. The molecule has 1 aromatic carbocycles. The molecule has 0 radical (unpaired) electrons. The third-order valence-corrected chi connectivity index (χ3v) is 3.79. The van der Waals surface area contributed by atoms with E-state index in [2.05, 4.69) is 24.5 Å². The zero-order chi connectivity index (χ0) is 16.7. The van der Waals surface area contributed by atoms with Crippen molar-refractivity contribution in [3.05, 3.63) is 29.8 Å². The minimum atomic E-state index is -0.739. The molecule has 22 heavy (non-hydrogen) atoms. The Balaban J connectivity index is 2.54. The molecule has 3 N–H and O–H groups in total. The molecule has 0 saturated carbocycles. The van der Waals surface area contributed by atoms with Crippen molar-refractivity contribution in [3.63, 3.8) is 0 Å². The first-order chi connectivity index (χ1) is 10.3. The van der Waals surface area contributed by atoms with Crippen molar-refractivity contribution >= 4 is 17.5 Å². The van der Waals surface area contributed by atoms with E-state index in [1.165, 1.54) is 0 Å². The molecule has 0 aliphatic rings. The lowest BCUT2D eigenvalue weighted by atomic mass is 10.0. The Morgan fingerprint density at radius 1 is 1.18 bits per heavy atom. The van der Waals surface area contributed by atoms with Crippen LogP contribution in [0.25, 0.3) is 0 Å². The van der Waals surface area contributed by atoms with Crippen molar-refractivity contribution < 1.29 is 14.7 Å². The Morgan fingerprint density at radius 3 is 2.45 bits per heavy atom. The summed E-state index contributed by atoms with van der Waals surface area (Å²) in [6.45, 7) is 8.06. The van der Waals surface area contributed by atoms with E-state index in [-0.39, 0.29) is 12.5 Å². The largest absolute Gasteiger partial charge is 0.391 e. The van der Waals surface area contributed by atoms with Gasteiger partial charge < -0.3 is 15.7 Å². The van der Waals surface area contributed by atoms with Crippen LogP contribution in [0.5, 0.6) is 0 Å². The van der Waals surface area contributed by atoms with Gasteiger partial charge in [-0.25, -0.2) is 0 Å². The number of anilines is 1. The van der Waals surface area contributed by atoms with Crippen molar-refractivity contribution in [2.75, 3.05) is 11.9 Å². The van der Waals surface area contributed by atoms with Crippen LogP contribution in [0.15, 0.2) is 24.3 Å². The number of aliphatic hydroxyl groups is 1. The number of amides is 2. The van der Waals surface area contributed by atoms with Gasteiger partial charge in [0.2, 0.25) is 0 Å². The molecule has 122 valence electrons. The number of carbonyl (C=O) groups is 2. The Hall–Kier alpha value is -1.88. The van der Waals surface area contributed by atoms with Crippen molar-refractivity contribution in [2.24, 2.45) is 5.92 Å². The second kappa shape index (κ2) is 8.54. The highest BCUT2D eigenvalue weighted by atomic mass is 16.3. The summed E-state index contributed by atoms with van der Waals surface area (Å²) in [5.41, 5.74) is 1.68. The average Bonchev–Trinajstić information content (AvgIpc) is 2.51. The maximum absolute atomic E-state index is 11.8. The van der Waals surface area contributed by atoms with Gasteiger partial charge in [0.15, 0.2) is 0 Å². The van der Waals surface area contributed by atoms with Crippen molar-refractivity contribution in [2.45, 2.75) is 46.1 Å². The molecule has 0 aromatic heterocycles. The van der Waals surface area contributed by atoms with Gasteiger partial charge in [-0.05, 0) is 29.5 Å². The number of benzene rings is 1. The first kappa shape index (κ1) is 18.2. The molecule has 0 bridgehead atoms. The third-order valence-electron chi connectivity index (χ3n) is 3.79. The summed E-state index contributed by atoms with van der Waals surface area (Å²) in [6, 6.07) is 7.41. The number of hydrogen-bond acceptors (Lipinski definition) is 3. The maximum atomic E-state index is 11.8. The predicted molar refractivity (Wildman–Crippen MR) is 87.6 cm³/mol. The SMILES string of the molecule is CCC(C)C(O)CNC(=O)C(=O)Nc1cccc(C(C)C)c1. The lowest BCUT2D eigenvalue weighted by Crippen LogP contribution is -2.41. The Kier molecular flexibility index (Phi) is 7.05. The third kappa shape index (κ3) is 5.48. The molecule has 0 aliphatic carbocycles. The molecule has 0 spiro atoms. The molecular weight excluding hydrogens is 280 g/mol. The smallest absolute Gasteiger partial charge is 0.313 e. The van der Waals surface area contributed by atoms with Gasteiger partial charge >= 0.3 is 11.8 Å². The van der Waals surface area contributed by atoms with E-state index in [1.54, 1.807) is 6.07 Å². The lowest BCUT2D eigenvalue weighted by molar-refractivity contribution is -0.136. The van der Waals surface area contributed by atoms with Gasteiger partial charge in [-0.1, -0.05) is 46.2 Å². The minimum Gasteiger partial charge on any atom is -0.391 e. The zero-order valence-electron chi connectivity index (χ0n) is 13.7. The highest BCUT2D eigenvalue weighted by Gasteiger charge is 2.17. The molecule has 2 atom stereocenters. The molecule has 5 heteroatoms. The second-order valence-corrected chi connectivity index (χ2v) is 5.90. The fraction of sp³-hybridized carbons (Fsp3) is 0.529. The van der Waals surface area contributed by atoms with E-state index in [0.717, 1.165) is 12.0 Å². The number of carbonyl (C=O) groups excluding carboxylic acids is 2. The van der Waals surface area contributed by atoms with Crippen LogP contribution in [-0.2, 0) is 9.59 Å². The normalized spacial score (nSPS) is 13.5. The van der Waals surface area contributed by atoms with Gasteiger partial charge in [0.25, 0.3) is 0 Å². The van der Waals surface area contributed by atoms with Gasteiger partial charge in [-0.15, -0.1) is 0 Å². The summed E-state index contributed by atoms with van der Waals surface area (Å²) in [5.74, 6) is -1.04. The van der Waals surface area contributed by atoms with E-state index < -0.39 is 17.9 Å². The van der Waals surface area contributed by atoms with Crippen molar-refractivity contribution in [3.8, 4) is 0 Å². The standard InChI is InChI=1S/C17H26N2O3/c1-5-12(4)15(20)10-18-16(21)17(22)19-14-8-6-7-13(9-14)11(2)3/h6-9,11-12,15,20H,5,10H2,1-4H3,(H,18,21)(H,19,22). The van der Waals surface area contributed by atoms with Gasteiger partial charge in [-0.2, -0.15) is 0 Å². The molecule has 2 amide bonds. The van der Waals surface area contributed by atoms with Crippen LogP contribution in [0.3, 0.4) is 0 Å². The van der Waals surface area contributed by atoms with Crippen LogP contribution in [0.4, 0.5) is 5.69 Å². The summed E-state index contributed by atoms with van der Waals surface area (Å²) >= 11 is 0. The fourth-order valence-corrected chi connectivity index (χ4v) is 1.91. The summed E-state index contributed by atoms with van der Waals surface area (Å²) < 4.78 is 0. The van der Waals surface area contributed by atoms with Gasteiger partial charge in [0.05, 0.1) is 6.10 Å². The van der Waals surface area contributed by atoms with Gasteiger partial charge in [0.1, 0.15) is 0 Å². The van der Waals surface area contributed by atoms with Crippen molar-refractivity contribution in [1.82, 2.24) is 5.32 Å². The van der Waals surface area contributed by atoms with Crippen LogP contribution in [0.2, 0.25) is 0 Å². The topological polar surface area (TPSA) is 78.4 Å². The Labute approximate surface area is 132 Å². The first-order valence-corrected chi connectivity index (χ1v) is 7.72. The number of hydrogen-bond donors (Lipinski definition) is 3. The molecule has 0 saturated heterocycles. The van der Waals surface area contributed by atoms with Crippen LogP contribution < -0.4 is 10.6 Å². The van der Waals surface area contributed by atoms with E-state index in [9.17, 15) is 14.7 Å². The zero-order valence-corrected chi connectivity index (χ0v) is 13.7. The van der Waals surface area contributed by atoms with E-state index in [0.29, 0.717) is 11.6 Å².